The van der Waals surface area contributed by atoms with Crippen LogP contribution in [-0.4, -0.2) is 54.9 Å². The summed E-state index contributed by atoms with van der Waals surface area (Å²) in [5, 5.41) is 0. The van der Waals surface area contributed by atoms with Crippen molar-refractivity contribution >= 4 is 11.9 Å². The Morgan fingerprint density at radius 1 is 1.43 bits per heavy atom. The molecule has 7 atom stereocenters. The normalized spacial score (nSPS) is 41.5. The van der Waals surface area contributed by atoms with Crippen molar-refractivity contribution in [3.63, 3.8) is 0 Å². The molecule has 28 heavy (non-hydrogen) atoms. The third-order valence-corrected chi connectivity index (χ3v) is 5.87. The molecule has 0 radical (unpaired) electrons. The van der Waals surface area contributed by atoms with Crippen molar-refractivity contribution in [2.45, 2.75) is 69.9 Å². The van der Waals surface area contributed by atoms with Crippen LogP contribution < -0.4 is 0 Å². The zero-order chi connectivity index (χ0) is 20.2. The molecule has 3 heterocycles. The van der Waals surface area contributed by atoms with Crippen molar-refractivity contribution in [1.29, 1.82) is 0 Å². The molecular weight excluding hydrogens is 364 g/mol. The summed E-state index contributed by atoms with van der Waals surface area (Å²) in [5.41, 5.74) is 0.987. The summed E-state index contributed by atoms with van der Waals surface area (Å²) in [6, 6.07) is 0. The number of carbonyl (C=O) groups excluding carboxylic acids is 2. The molecule has 0 aromatic carbocycles. The van der Waals surface area contributed by atoms with Crippen LogP contribution in [0.25, 0.3) is 0 Å². The first-order valence-electron chi connectivity index (χ1n) is 9.65. The summed E-state index contributed by atoms with van der Waals surface area (Å²) in [6.45, 7) is 13.5. The summed E-state index contributed by atoms with van der Waals surface area (Å²) in [5.74, 6) is -1.49. The van der Waals surface area contributed by atoms with E-state index in [4.69, 9.17) is 23.7 Å². The Hall–Kier alpha value is -1.96. The smallest absolute Gasteiger partial charge is 0.334 e. The van der Waals surface area contributed by atoms with Gasteiger partial charge in [0.1, 0.15) is 18.3 Å². The number of rotatable bonds is 4. The van der Waals surface area contributed by atoms with Gasteiger partial charge in [-0.15, -0.1) is 0 Å². The summed E-state index contributed by atoms with van der Waals surface area (Å²) in [4.78, 5) is 24.6. The van der Waals surface area contributed by atoms with Gasteiger partial charge < -0.3 is 23.7 Å². The number of esters is 2. The van der Waals surface area contributed by atoms with Crippen LogP contribution in [0.1, 0.15) is 33.6 Å². The van der Waals surface area contributed by atoms with Gasteiger partial charge in [0.25, 0.3) is 0 Å². The van der Waals surface area contributed by atoms with Gasteiger partial charge in [-0.2, -0.15) is 0 Å². The van der Waals surface area contributed by atoms with Crippen molar-refractivity contribution in [3.05, 3.63) is 36.0 Å². The van der Waals surface area contributed by atoms with Gasteiger partial charge in [-0.05, 0) is 26.3 Å². The SMILES string of the molecule is C=C(C)C(=O)O[C@H]1CC2=C[C@H](C[C@@]3(C)O[C@@H]3[C@H]3OC(=O)C(=C)[C@@H]31)O[C@@H]2OCC. The second kappa shape index (κ2) is 6.83. The predicted octanol–water partition coefficient (Wildman–Crippen LogP) is 2.21. The van der Waals surface area contributed by atoms with Crippen LogP contribution in [-0.2, 0) is 33.3 Å². The highest BCUT2D eigenvalue weighted by Gasteiger charge is 2.65. The number of hydrogen-bond donors (Lipinski definition) is 0. The number of hydrogen-bond acceptors (Lipinski definition) is 7. The van der Waals surface area contributed by atoms with Crippen molar-refractivity contribution < 1.29 is 33.3 Å². The van der Waals surface area contributed by atoms with Crippen molar-refractivity contribution in [1.82, 2.24) is 0 Å². The highest BCUT2D eigenvalue weighted by molar-refractivity contribution is 5.91. The van der Waals surface area contributed by atoms with E-state index in [0.717, 1.165) is 5.57 Å². The van der Waals surface area contributed by atoms with Gasteiger partial charge in [0, 0.05) is 30.6 Å². The average Bonchev–Trinajstić information content (AvgIpc) is 3.00. The van der Waals surface area contributed by atoms with Gasteiger partial charge in [-0.1, -0.05) is 19.2 Å². The van der Waals surface area contributed by atoms with E-state index in [2.05, 4.69) is 13.2 Å². The van der Waals surface area contributed by atoms with Crippen molar-refractivity contribution in [2.75, 3.05) is 6.61 Å². The number of ether oxygens (including phenoxy) is 5. The largest absolute Gasteiger partial charge is 0.458 e. The molecule has 2 fully saturated rings. The molecule has 4 aliphatic rings. The molecule has 3 aliphatic heterocycles. The lowest BCUT2D eigenvalue weighted by molar-refractivity contribution is -0.150. The molecule has 0 aromatic heterocycles. The third-order valence-electron chi connectivity index (χ3n) is 5.87. The zero-order valence-electron chi connectivity index (χ0n) is 16.4. The molecule has 0 saturated carbocycles. The molecule has 7 heteroatoms. The van der Waals surface area contributed by atoms with Crippen LogP contribution in [0.4, 0.5) is 0 Å². The van der Waals surface area contributed by atoms with E-state index < -0.39 is 42.0 Å². The quantitative estimate of drug-likeness (QED) is 0.315. The first kappa shape index (κ1) is 19.4. The Morgan fingerprint density at radius 2 is 2.18 bits per heavy atom. The van der Waals surface area contributed by atoms with Crippen molar-refractivity contribution in [3.8, 4) is 0 Å². The van der Waals surface area contributed by atoms with Crippen LogP contribution in [0, 0.1) is 5.92 Å². The van der Waals surface area contributed by atoms with Crippen LogP contribution in [0.15, 0.2) is 36.0 Å². The Morgan fingerprint density at radius 3 is 2.86 bits per heavy atom. The topological polar surface area (TPSA) is 83.6 Å². The van der Waals surface area contributed by atoms with Gasteiger partial charge in [0.2, 0.25) is 0 Å². The van der Waals surface area contributed by atoms with E-state index in [1.807, 2.05) is 19.9 Å². The second-order valence-corrected chi connectivity index (χ2v) is 8.11. The molecule has 0 unspecified atom stereocenters. The molecule has 0 N–H and O–H groups in total. The van der Waals surface area contributed by atoms with Gasteiger partial charge in [0.05, 0.1) is 17.6 Å². The number of epoxide rings is 1. The molecule has 0 aromatic rings. The third kappa shape index (κ3) is 3.21. The highest BCUT2D eigenvalue weighted by atomic mass is 16.7. The van der Waals surface area contributed by atoms with E-state index in [1.165, 1.54) is 0 Å². The molecule has 152 valence electrons. The monoisotopic (exact) mass is 390 g/mol. The Bertz CT molecular complexity index is 769. The number of carbonyl (C=O) groups is 2. The summed E-state index contributed by atoms with van der Waals surface area (Å²) in [7, 11) is 0. The molecule has 1 aliphatic carbocycles. The molecule has 2 saturated heterocycles. The minimum atomic E-state index is -0.656. The predicted molar refractivity (Wildman–Crippen MR) is 98.1 cm³/mol. The minimum absolute atomic E-state index is 0.170. The lowest BCUT2D eigenvalue weighted by Crippen LogP contribution is -2.39. The molecule has 4 rings (SSSR count). The van der Waals surface area contributed by atoms with E-state index in [9.17, 15) is 9.59 Å². The van der Waals surface area contributed by atoms with Gasteiger partial charge in [-0.25, -0.2) is 9.59 Å². The first-order valence-corrected chi connectivity index (χ1v) is 9.65. The Balaban J connectivity index is 1.71. The van der Waals surface area contributed by atoms with E-state index in [0.29, 0.717) is 25.0 Å². The molecule has 0 amide bonds. The summed E-state index contributed by atoms with van der Waals surface area (Å²) < 4.78 is 29.1. The van der Waals surface area contributed by atoms with Crippen molar-refractivity contribution in [2.24, 2.45) is 5.92 Å². The molecule has 0 spiro atoms. The average molecular weight is 390 g/mol. The summed E-state index contributed by atoms with van der Waals surface area (Å²) >= 11 is 0. The van der Waals surface area contributed by atoms with Gasteiger partial charge in [-0.3, -0.25) is 0 Å². The maximum atomic E-state index is 12.3. The highest BCUT2D eigenvalue weighted by Crippen LogP contribution is 2.52. The Labute approximate surface area is 164 Å². The second-order valence-electron chi connectivity index (χ2n) is 8.11. The Kier molecular flexibility index (Phi) is 4.72. The fraction of sp³-hybridized carbons (Fsp3) is 0.619. The minimum Gasteiger partial charge on any atom is -0.458 e. The maximum Gasteiger partial charge on any atom is 0.334 e. The van der Waals surface area contributed by atoms with E-state index >= 15 is 0 Å². The molecular formula is C21H26O7. The fourth-order valence-electron chi connectivity index (χ4n) is 4.41. The first-order chi connectivity index (χ1) is 13.2. The van der Waals surface area contributed by atoms with E-state index in [-0.39, 0.29) is 17.8 Å². The zero-order valence-corrected chi connectivity index (χ0v) is 16.4. The van der Waals surface area contributed by atoms with E-state index in [1.54, 1.807) is 6.92 Å². The van der Waals surface area contributed by atoms with Crippen LogP contribution >= 0.6 is 0 Å². The van der Waals surface area contributed by atoms with Crippen LogP contribution in [0.2, 0.25) is 0 Å². The standard InChI is InChI=1S/C21H26O7/c1-6-24-20-12-7-13(25-20)9-21(5)17(28-21)16-15(11(4)19(23)27-16)14(8-12)26-18(22)10(2)3/h7,13-17,20H,2,4,6,8-9H2,1,3,5H3/t13-,14+,15-,16+,17-,20+,21-/m1/s1. The van der Waals surface area contributed by atoms with Gasteiger partial charge >= 0.3 is 11.9 Å². The van der Waals surface area contributed by atoms with Crippen LogP contribution in [0.5, 0.6) is 0 Å². The lowest BCUT2D eigenvalue weighted by atomic mass is 9.82. The molecule has 2 bridgehead atoms. The number of fused-ring (bicyclic) bond motifs is 4. The summed E-state index contributed by atoms with van der Waals surface area (Å²) in [6.07, 6.45) is 0.839. The lowest BCUT2D eigenvalue weighted by Gasteiger charge is -2.28. The maximum absolute atomic E-state index is 12.3. The van der Waals surface area contributed by atoms with Crippen LogP contribution in [0.3, 0.4) is 0 Å². The fourth-order valence-corrected chi connectivity index (χ4v) is 4.41. The molecule has 7 nitrogen and oxygen atoms in total. The van der Waals surface area contributed by atoms with Gasteiger partial charge in [0.15, 0.2) is 6.29 Å².